The molecular formula is C9H13F3N2S. The largest absolute Gasteiger partial charge is 0.404 e. The first kappa shape index (κ1) is 12.4. The lowest BCUT2D eigenvalue weighted by atomic mass is 10.2. The Morgan fingerprint density at radius 3 is 2.60 bits per heavy atom. The zero-order valence-electron chi connectivity index (χ0n) is 8.56. The number of likely N-dealkylation sites (N-methyl/N-ethyl adjacent to an activating group) is 1. The number of rotatable bonds is 4. The Labute approximate surface area is 90.5 Å². The maximum absolute atomic E-state index is 12.5. The Hall–Kier alpha value is -0.620. The van der Waals surface area contributed by atoms with Gasteiger partial charge in [-0.15, -0.1) is 11.3 Å². The van der Waals surface area contributed by atoms with E-state index in [1.165, 1.54) is 11.3 Å². The summed E-state index contributed by atoms with van der Waals surface area (Å²) in [6.45, 7) is 3.73. The first-order valence-electron chi connectivity index (χ1n) is 4.64. The molecule has 0 fully saturated rings. The van der Waals surface area contributed by atoms with Crippen LogP contribution in [0.15, 0.2) is 5.38 Å². The third-order valence-corrected chi connectivity index (χ3v) is 2.88. The molecule has 0 aliphatic heterocycles. The minimum Gasteiger partial charge on any atom is -0.306 e. The van der Waals surface area contributed by atoms with Gasteiger partial charge in [0.2, 0.25) is 0 Å². The maximum Gasteiger partial charge on any atom is 0.404 e. The van der Waals surface area contributed by atoms with Gasteiger partial charge in [0.15, 0.2) is 0 Å². The monoisotopic (exact) mass is 238 g/mol. The van der Waals surface area contributed by atoms with Gasteiger partial charge >= 0.3 is 6.18 Å². The molecule has 0 aliphatic rings. The van der Waals surface area contributed by atoms with Crippen molar-refractivity contribution in [2.24, 2.45) is 0 Å². The predicted octanol–water partition coefficient (Wildman–Crippen LogP) is 2.53. The lowest BCUT2D eigenvalue weighted by molar-refractivity contribution is -0.155. The third kappa shape index (κ3) is 3.79. The van der Waals surface area contributed by atoms with Gasteiger partial charge < -0.3 is 5.32 Å². The Morgan fingerprint density at radius 2 is 2.20 bits per heavy atom. The SMILES string of the molecule is CCNC(Cc1nc(C)cs1)C(F)(F)F. The summed E-state index contributed by atoms with van der Waals surface area (Å²) in [5.41, 5.74) is 0.771. The molecule has 1 unspecified atom stereocenters. The van der Waals surface area contributed by atoms with E-state index in [0.29, 0.717) is 11.6 Å². The quantitative estimate of drug-likeness (QED) is 0.872. The van der Waals surface area contributed by atoms with Crippen molar-refractivity contribution in [3.8, 4) is 0 Å². The molecule has 0 amide bonds. The van der Waals surface area contributed by atoms with Crippen LogP contribution in [0.3, 0.4) is 0 Å². The number of nitrogens with one attached hydrogen (secondary N) is 1. The molecule has 0 bridgehead atoms. The smallest absolute Gasteiger partial charge is 0.306 e. The van der Waals surface area contributed by atoms with Gasteiger partial charge in [-0.2, -0.15) is 13.2 Å². The van der Waals surface area contributed by atoms with Gasteiger partial charge in [-0.25, -0.2) is 4.98 Å². The zero-order chi connectivity index (χ0) is 11.5. The molecule has 0 spiro atoms. The molecule has 0 aromatic carbocycles. The number of hydrogen-bond acceptors (Lipinski definition) is 3. The highest BCUT2D eigenvalue weighted by molar-refractivity contribution is 7.09. The predicted molar refractivity (Wildman–Crippen MR) is 54.1 cm³/mol. The van der Waals surface area contributed by atoms with Gasteiger partial charge in [-0.3, -0.25) is 0 Å². The van der Waals surface area contributed by atoms with Crippen LogP contribution in [0.2, 0.25) is 0 Å². The second-order valence-electron chi connectivity index (χ2n) is 3.24. The number of hydrogen-bond donors (Lipinski definition) is 1. The van der Waals surface area contributed by atoms with Crippen LogP contribution in [0, 0.1) is 6.92 Å². The standard InChI is InChI=1S/C9H13F3N2S/c1-3-13-7(9(10,11)12)4-8-14-6(2)5-15-8/h5,7,13H,3-4H2,1-2H3. The Kier molecular flexibility index (Phi) is 4.10. The highest BCUT2D eigenvalue weighted by Crippen LogP contribution is 2.24. The highest BCUT2D eigenvalue weighted by Gasteiger charge is 2.39. The number of nitrogens with zero attached hydrogens (tertiary/aromatic N) is 1. The third-order valence-electron chi connectivity index (χ3n) is 1.89. The van der Waals surface area contributed by atoms with E-state index >= 15 is 0 Å². The minimum atomic E-state index is -4.21. The van der Waals surface area contributed by atoms with Crippen molar-refractivity contribution in [3.05, 3.63) is 16.1 Å². The molecule has 0 saturated carbocycles. The molecule has 0 radical (unpaired) electrons. The van der Waals surface area contributed by atoms with Gasteiger partial charge in [0.25, 0.3) is 0 Å². The van der Waals surface area contributed by atoms with Crippen LogP contribution < -0.4 is 5.32 Å². The fourth-order valence-corrected chi connectivity index (χ4v) is 2.04. The Bertz CT molecular complexity index is 309. The highest BCUT2D eigenvalue weighted by atomic mass is 32.1. The van der Waals surface area contributed by atoms with Gasteiger partial charge in [0.1, 0.15) is 6.04 Å². The molecule has 1 rings (SSSR count). The number of thiazole rings is 1. The fraction of sp³-hybridized carbons (Fsp3) is 0.667. The second-order valence-corrected chi connectivity index (χ2v) is 4.18. The van der Waals surface area contributed by atoms with E-state index in [1.807, 2.05) is 0 Å². The first-order chi connectivity index (χ1) is 6.93. The molecule has 0 aliphatic carbocycles. The van der Waals surface area contributed by atoms with Gasteiger partial charge in [0, 0.05) is 17.5 Å². The molecular weight excluding hydrogens is 225 g/mol. The van der Waals surface area contributed by atoms with Crippen LogP contribution in [-0.2, 0) is 6.42 Å². The Morgan fingerprint density at radius 1 is 1.53 bits per heavy atom. The van der Waals surface area contributed by atoms with Crippen LogP contribution in [0.4, 0.5) is 13.2 Å². The normalized spacial score (nSPS) is 14.2. The van der Waals surface area contributed by atoms with Crippen molar-refractivity contribution in [1.82, 2.24) is 10.3 Å². The van der Waals surface area contributed by atoms with Crippen LogP contribution in [-0.4, -0.2) is 23.7 Å². The molecule has 1 heterocycles. The lowest BCUT2D eigenvalue weighted by Crippen LogP contribution is -2.43. The molecule has 1 atom stereocenters. The van der Waals surface area contributed by atoms with Crippen molar-refractivity contribution in [1.29, 1.82) is 0 Å². The van der Waals surface area contributed by atoms with Gasteiger partial charge in [-0.1, -0.05) is 6.92 Å². The molecule has 1 N–H and O–H groups in total. The van der Waals surface area contributed by atoms with E-state index in [-0.39, 0.29) is 6.42 Å². The summed E-state index contributed by atoms with van der Waals surface area (Å²) < 4.78 is 37.5. The van der Waals surface area contributed by atoms with E-state index in [4.69, 9.17) is 0 Å². The van der Waals surface area contributed by atoms with Crippen LogP contribution in [0.25, 0.3) is 0 Å². The van der Waals surface area contributed by atoms with Gasteiger partial charge in [0.05, 0.1) is 5.01 Å². The number of halogens is 3. The fourth-order valence-electron chi connectivity index (χ4n) is 1.22. The molecule has 86 valence electrons. The second kappa shape index (κ2) is 4.94. The molecule has 1 aromatic rings. The summed E-state index contributed by atoms with van der Waals surface area (Å²) in [5.74, 6) is 0. The molecule has 6 heteroatoms. The summed E-state index contributed by atoms with van der Waals surface area (Å²) in [4.78, 5) is 4.02. The van der Waals surface area contributed by atoms with Crippen molar-refractivity contribution in [3.63, 3.8) is 0 Å². The van der Waals surface area contributed by atoms with Crippen molar-refractivity contribution >= 4 is 11.3 Å². The van der Waals surface area contributed by atoms with E-state index in [9.17, 15) is 13.2 Å². The van der Waals surface area contributed by atoms with E-state index in [1.54, 1.807) is 19.2 Å². The van der Waals surface area contributed by atoms with Crippen LogP contribution >= 0.6 is 11.3 Å². The van der Waals surface area contributed by atoms with Crippen LogP contribution in [0.1, 0.15) is 17.6 Å². The summed E-state index contributed by atoms with van der Waals surface area (Å²) in [7, 11) is 0. The lowest BCUT2D eigenvalue weighted by Gasteiger charge is -2.19. The number of aromatic nitrogens is 1. The maximum atomic E-state index is 12.5. The average Bonchev–Trinajstić information content (AvgIpc) is 2.49. The summed E-state index contributed by atoms with van der Waals surface area (Å²) in [5, 5.41) is 4.70. The Balaban J connectivity index is 2.66. The van der Waals surface area contributed by atoms with E-state index < -0.39 is 12.2 Å². The number of aryl methyl sites for hydroxylation is 1. The average molecular weight is 238 g/mol. The minimum absolute atomic E-state index is 0.0875. The molecule has 15 heavy (non-hydrogen) atoms. The van der Waals surface area contributed by atoms with Crippen LogP contribution in [0.5, 0.6) is 0 Å². The summed E-state index contributed by atoms with van der Waals surface area (Å²) in [6.07, 6.45) is -4.30. The molecule has 1 aromatic heterocycles. The summed E-state index contributed by atoms with van der Waals surface area (Å²) >= 11 is 1.27. The topological polar surface area (TPSA) is 24.9 Å². The first-order valence-corrected chi connectivity index (χ1v) is 5.52. The van der Waals surface area contributed by atoms with E-state index in [0.717, 1.165) is 5.69 Å². The van der Waals surface area contributed by atoms with Gasteiger partial charge in [-0.05, 0) is 13.5 Å². The van der Waals surface area contributed by atoms with Crippen molar-refractivity contribution < 1.29 is 13.2 Å². The van der Waals surface area contributed by atoms with Crippen molar-refractivity contribution in [2.75, 3.05) is 6.54 Å². The van der Waals surface area contributed by atoms with E-state index in [2.05, 4.69) is 10.3 Å². The molecule has 0 saturated heterocycles. The molecule has 2 nitrogen and oxygen atoms in total. The number of alkyl halides is 3. The van der Waals surface area contributed by atoms with Crippen molar-refractivity contribution in [2.45, 2.75) is 32.5 Å². The zero-order valence-corrected chi connectivity index (χ0v) is 9.37. The summed E-state index contributed by atoms with van der Waals surface area (Å²) in [6, 6.07) is -1.49.